The fourth-order valence-corrected chi connectivity index (χ4v) is 1.92. The Morgan fingerprint density at radius 1 is 1.28 bits per heavy atom. The molecule has 0 saturated carbocycles. The van der Waals surface area contributed by atoms with Crippen LogP contribution in [0.3, 0.4) is 0 Å². The number of hydrogen-bond acceptors (Lipinski definition) is 4. The Hall–Kier alpha value is -1.62. The molecule has 1 saturated heterocycles. The van der Waals surface area contributed by atoms with Crippen molar-refractivity contribution in [3.05, 3.63) is 29.8 Å². The summed E-state index contributed by atoms with van der Waals surface area (Å²) in [4.78, 5) is 12.9. The number of methoxy groups -OCH3 is 1. The lowest BCUT2D eigenvalue weighted by Crippen LogP contribution is -2.33. The van der Waals surface area contributed by atoms with Gasteiger partial charge in [-0.05, 0) is 37.1 Å². The van der Waals surface area contributed by atoms with Gasteiger partial charge < -0.3 is 9.47 Å². The zero-order valence-electron chi connectivity index (χ0n) is 10.3. The molecule has 0 aromatic heterocycles. The van der Waals surface area contributed by atoms with Gasteiger partial charge in [0.25, 0.3) is 6.48 Å². The topological polar surface area (TPSA) is 38.8 Å². The number of carbonyl (C=O) groups excluding carboxylic acids is 1. The van der Waals surface area contributed by atoms with Gasteiger partial charge in [0.05, 0.1) is 12.7 Å². The largest absolute Gasteiger partial charge is 0.465 e. The van der Waals surface area contributed by atoms with Gasteiger partial charge in [-0.3, -0.25) is 0 Å². The normalized spacial score (nSPS) is 17.4. The average Bonchev–Trinajstić information content (AvgIpc) is 2.92. The zero-order valence-corrected chi connectivity index (χ0v) is 10.3. The van der Waals surface area contributed by atoms with Gasteiger partial charge in [-0.15, -0.1) is 0 Å². The molecule has 2 rings (SSSR count). The van der Waals surface area contributed by atoms with Gasteiger partial charge >= 0.3 is 5.97 Å². The summed E-state index contributed by atoms with van der Waals surface area (Å²) >= 11 is 0. The summed E-state index contributed by atoms with van der Waals surface area (Å²) in [6.45, 7) is 0.0273. The number of ether oxygens (including phenoxy) is 2. The van der Waals surface area contributed by atoms with Crippen molar-refractivity contribution in [3.63, 3.8) is 0 Å². The van der Waals surface area contributed by atoms with Crippen LogP contribution in [0.5, 0.6) is 5.75 Å². The van der Waals surface area contributed by atoms with Crippen molar-refractivity contribution in [1.29, 1.82) is 0 Å². The predicted octanol–water partition coefficient (Wildman–Crippen LogP) is 2.20. The second kappa shape index (κ2) is 5.82. The summed E-state index contributed by atoms with van der Waals surface area (Å²) in [6, 6.07) is 6.24. The fourth-order valence-electron chi connectivity index (χ4n) is 1.92. The Labute approximate surface area is 105 Å². The van der Waals surface area contributed by atoms with Crippen LogP contribution in [0.15, 0.2) is 24.3 Å². The van der Waals surface area contributed by atoms with Crippen LogP contribution in [0.1, 0.15) is 23.2 Å². The third kappa shape index (κ3) is 2.98. The van der Waals surface area contributed by atoms with Crippen LogP contribution < -0.4 is 4.74 Å². The first-order chi connectivity index (χ1) is 8.70. The van der Waals surface area contributed by atoms with Crippen molar-refractivity contribution in [2.45, 2.75) is 19.3 Å². The minimum Gasteiger partial charge on any atom is -0.465 e. The molecule has 1 aromatic carbocycles. The third-order valence-electron chi connectivity index (χ3n) is 2.94. The highest BCUT2D eigenvalue weighted by molar-refractivity contribution is 5.89. The van der Waals surface area contributed by atoms with Crippen LogP contribution in [0, 0.1) is 0 Å². The van der Waals surface area contributed by atoms with Crippen LogP contribution in [0.4, 0.5) is 4.39 Å². The van der Waals surface area contributed by atoms with Gasteiger partial charge in [0.2, 0.25) is 0 Å². The highest BCUT2D eigenvalue weighted by atomic mass is 19.1. The average molecular weight is 253 g/mol. The number of esters is 1. The number of hydrogen-bond donors (Lipinski definition) is 0. The molecule has 0 amide bonds. The molecule has 0 N–H and O–H groups in total. The van der Waals surface area contributed by atoms with Crippen LogP contribution in [-0.2, 0) is 4.74 Å². The molecule has 1 aliphatic heterocycles. The third-order valence-corrected chi connectivity index (χ3v) is 2.94. The molecule has 4 nitrogen and oxygen atoms in total. The van der Waals surface area contributed by atoms with Gasteiger partial charge in [0.1, 0.15) is 5.75 Å². The SMILES string of the molecule is COC(=O)c1ccc(OC(F)N2CCCC2)cc1. The Morgan fingerprint density at radius 2 is 1.89 bits per heavy atom. The smallest absolute Gasteiger partial charge is 0.337 e. The lowest BCUT2D eigenvalue weighted by Gasteiger charge is -2.20. The monoisotopic (exact) mass is 253 g/mol. The minimum atomic E-state index is -1.42. The van der Waals surface area contributed by atoms with E-state index in [4.69, 9.17) is 4.74 Å². The van der Waals surface area contributed by atoms with E-state index in [0.717, 1.165) is 25.9 Å². The molecule has 1 aromatic rings. The molecule has 0 radical (unpaired) electrons. The highest BCUT2D eigenvalue weighted by Gasteiger charge is 2.22. The van der Waals surface area contributed by atoms with Crippen molar-refractivity contribution < 1.29 is 18.7 Å². The molecule has 1 fully saturated rings. The molecule has 1 atom stereocenters. The summed E-state index contributed by atoms with van der Waals surface area (Å²) in [5, 5.41) is 0. The lowest BCUT2D eigenvalue weighted by atomic mass is 10.2. The maximum atomic E-state index is 13.7. The van der Waals surface area contributed by atoms with E-state index in [9.17, 15) is 9.18 Å². The van der Waals surface area contributed by atoms with Crippen molar-refractivity contribution in [1.82, 2.24) is 4.90 Å². The Kier molecular flexibility index (Phi) is 4.15. The summed E-state index contributed by atoms with van der Waals surface area (Å²) in [5.41, 5.74) is 0.418. The van der Waals surface area contributed by atoms with Crippen LogP contribution >= 0.6 is 0 Å². The second-order valence-corrected chi connectivity index (χ2v) is 4.17. The van der Waals surface area contributed by atoms with Gasteiger partial charge in [-0.25, -0.2) is 9.69 Å². The number of nitrogens with zero attached hydrogens (tertiary/aromatic N) is 1. The number of alkyl halides is 1. The first-order valence-electron chi connectivity index (χ1n) is 5.94. The van der Waals surface area contributed by atoms with E-state index in [0.29, 0.717) is 11.3 Å². The van der Waals surface area contributed by atoms with Crippen molar-refractivity contribution in [2.24, 2.45) is 0 Å². The Morgan fingerprint density at radius 3 is 2.44 bits per heavy atom. The van der Waals surface area contributed by atoms with Crippen LogP contribution in [0.25, 0.3) is 0 Å². The van der Waals surface area contributed by atoms with E-state index in [1.807, 2.05) is 0 Å². The van der Waals surface area contributed by atoms with Gasteiger partial charge in [-0.2, -0.15) is 4.39 Å². The summed E-state index contributed by atoms with van der Waals surface area (Å²) in [6.07, 6.45) is 2.01. The second-order valence-electron chi connectivity index (χ2n) is 4.17. The molecule has 0 spiro atoms. The minimum absolute atomic E-state index is 0.405. The maximum Gasteiger partial charge on any atom is 0.337 e. The van der Waals surface area contributed by atoms with E-state index in [-0.39, 0.29) is 0 Å². The van der Waals surface area contributed by atoms with Crippen molar-refractivity contribution >= 4 is 5.97 Å². The fraction of sp³-hybridized carbons (Fsp3) is 0.462. The molecule has 1 unspecified atom stereocenters. The molecule has 98 valence electrons. The van der Waals surface area contributed by atoms with E-state index in [1.165, 1.54) is 7.11 Å². The van der Waals surface area contributed by atoms with Crippen LogP contribution in [-0.4, -0.2) is 37.6 Å². The molecular weight excluding hydrogens is 237 g/mol. The number of likely N-dealkylation sites (tertiary alicyclic amines) is 1. The molecular formula is C13H16FNO3. The molecule has 1 heterocycles. The van der Waals surface area contributed by atoms with Gasteiger partial charge in [-0.1, -0.05) is 0 Å². The van der Waals surface area contributed by atoms with Crippen LogP contribution in [0.2, 0.25) is 0 Å². The van der Waals surface area contributed by atoms with Gasteiger partial charge in [0, 0.05) is 13.1 Å². The van der Waals surface area contributed by atoms with E-state index in [2.05, 4.69) is 4.74 Å². The summed E-state index contributed by atoms with van der Waals surface area (Å²) in [5.74, 6) is -0.0139. The van der Waals surface area contributed by atoms with Crippen molar-refractivity contribution in [2.75, 3.05) is 20.2 Å². The van der Waals surface area contributed by atoms with E-state index < -0.39 is 12.5 Å². The number of benzene rings is 1. The molecule has 5 heteroatoms. The lowest BCUT2D eigenvalue weighted by molar-refractivity contribution is -0.0620. The van der Waals surface area contributed by atoms with E-state index >= 15 is 0 Å². The number of halogens is 1. The van der Waals surface area contributed by atoms with Crippen molar-refractivity contribution in [3.8, 4) is 5.75 Å². The van der Waals surface area contributed by atoms with Gasteiger partial charge in [0.15, 0.2) is 0 Å². The maximum absolute atomic E-state index is 13.7. The summed E-state index contributed by atoms with van der Waals surface area (Å²) < 4.78 is 23.5. The quantitative estimate of drug-likeness (QED) is 0.609. The molecule has 1 aliphatic rings. The molecule has 18 heavy (non-hydrogen) atoms. The zero-order chi connectivity index (χ0) is 13.0. The first kappa shape index (κ1) is 12.8. The summed E-state index contributed by atoms with van der Waals surface area (Å²) in [7, 11) is 1.32. The molecule has 0 aliphatic carbocycles. The van der Waals surface area contributed by atoms with E-state index in [1.54, 1.807) is 29.2 Å². The highest BCUT2D eigenvalue weighted by Crippen LogP contribution is 2.19. The molecule has 0 bridgehead atoms. The Balaban J connectivity index is 1.95. The number of carbonyl (C=O) groups is 1. The number of rotatable bonds is 4. The Bertz CT molecular complexity index is 401. The predicted molar refractivity (Wildman–Crippen MR) is 64.1 cm³/mol. The standard InChI is InChI=1S/C13H16FNO3/c1-17-12(16)10-4-6-11(7-5-10)18-13(14)15-8-2-3-9-15/h4-7,13H,2-3,8-9H2,1H3. The first-order valence-corrected chi connectivity index (χ1v) is 5.94.